The smallest absolute Gasteiger partial charge is 0.241 e. The number of rotatable bonds is 5. The van der Waals surface area contributed by atoms with Gasteiger partial charge in [-0.3, -0.25) is 0 Å². The van der Waals surface area contributed by atoms with Crippen molar-refractivity contribution in [2.75, 3.05) is 6.26 Å². The topological polar surface area (TPSA) is 66.4 Å². The summed E-state index contributed by atoms with van der Waals surface area (Å²) < 4.78 is 27.8. The molecule has 1 aromatic rings. The van der Waals surface area contributed by atoms with E-state index >= 15 is 0 Å². The van der Waals surface area contributed by atoms with Gasteiger partial charge in [0.15, 0.2) is 0 Å². The lowest BCUT2D eigenvalue weighted by atomic mass is 10.2. The van der Waals surface area contributed by atoms with Crippen LogP contribution in [0.15, 0.2) is 23.1 Å². The van der Waals surface area contributed by atoms with E-state index < -0.39 is 10.0 Å². The molecule has 1 aliphatic carbocycles. The summed E-state index contributed by atoms with van der Waals surface area (Å²) in [7, 11) is -3.51. The van der Waals surface area contributed by atoms with Gasteiger partial charge in [-0.05, 0) is 49.6 Å². The number of sulfonamides is 1. The van der Waals surface area contributed by atoms with E-state index in [1.807, 2.05) is 0 Å². The quantitative estimate of drug-likeness (QED) is 0.873. The Kier molecular flexibility index (Phi) is 5.12. The van der Waals surface area contributed by atoms with Crippen LogP contribution >= 0.6 is 11.8 Å². The highest BCUT2D eigenvalue weighted by atomic mass is 32.2. The molecule has 1 aromatic carbocycles. The molecule has 2 N–H and O–H groups in total. The molecule has 0 heterocycles. The first-order valence-electron chi connectivity index (χ1n) is 6.72. The van der Waals surface area contributed by atoms with Gasteiger partial charge < -0.3 is 5.11 Å². The fourth-order valence-corrected chi connectivity index (χ4v) is 4.95. The van der Waals surface area contributed by atoms with Gasteiger partial charge in [0.2, 0.25) is 10.0 Å². The largest absolute Gasteiger partial charge is 0.392 e. The van der Waals surface area contributed by atoms with Gasteiger partial charge in [-0.2, -0.15) is 11.8 Å². The Balaban J connectivity index is 2.18. The van der Waals surface area contributed by atoms with Crippen LogP contribution in [0.4, 0.5) is 0 Å². The summed E-state index contributed by atoms with van der Waals surface area (Å²) in [6.07, 6.45) is 4.91. The summed E-state index contributed by atoms with van der Waals surface area (Å²) in [5, 5.41) is 9.70. The van der Waals surface area contributed by atoms with E-state index in [0.717, 1.165) is 19.3 Å². The molecule has 4 nitrogen and oxygen atoms in total. The normalized spacial score (nSPS) is 23.1. The van der Waals surface area contributed by atoms with Crippen molar-refractivity contribution in [2.24, 2.45) is 0 Å². The van der Waals surface area contributed by atoms with Crippen LogP contribution in [0.1, 0.15) is 30.4 Å². The first kappa shape index (κ1) is 15.8. The summed E-state index contributed by atoms with van der Waals surface area (Å²) in [5.74, 6) is 0. The Morgan fingerprint density at radius 3 is 2.75 bits per heavy atom. The van der Waals surface area contributed by atoms with Gasteiger partial charge in [-0.15, -0.1) is 0 Å². The predicted octanol–water partition coefficient (Wildman–Crippen LogP) is 2.05. The molecule has 1 aliphatic rings. The van der Waals surface area contributed by atoms with E-state index in [1.54, 1.807) is 36.9 Å². The van der Waals surface area contributed by atoms with Crippen LogP contribution in [0.2, 0.25) is 0 Å². The number of hydrogen-bond donors (Lipinski definition) is 2. The minimum atomic E-state index is -3.51. The number of aryl methyl sites for hydroxylation is 1. The third-order valence-electron chi connectivity index (χ3n) is 3.76. The van der Waals surface area contributed by atoms with Gasteiger partial charge in [0.1, 0.15) is 0 Å². The molecule has 2 unspecified atom stereocenters. The first-order chi connectivity index (χ1) is 9.46. The zero-order valence-electron chi connectivity index (χ0n) is 11.8. The average molecular weight is 315 g/mol. The van der Waals surface area contributed by atoms with Gasteiger partial charge in [-0.1, -0.05) is 12.1 Å². The van der Waals surface area contributed by atoms with Crippen molar-refractivity contribution < 1.29 is 13.5 Å². The van der Waals surface area contributed by atoms with Crippen molar-refractivity contribution in [1.29, 1.82) is 0 Å². The van der Waals surface area contributed by atoms with Gasteiger partial charge in [0.25, 0.3) is 0 Å². The second-order valence-electron chi connectivity index (χ2n) is 5.25. The minimum absolute atomic E-state index is 0.0228. The molecule has 0 aromatic heterocycles. The lowest BCUT2D eigenvalue weighted by Gasteiger charge is -2.15. The Morgan fingerprint density at radius 1 is 1.40 bits per heavy atom. The Bertz CT molecular complexity index is 572. The molecule has 112 valence electrons. The second-order valence-corrected chi connectivity index (χ2v) is 8.07. The average Bonchev–Trinajstić information content (AvgIpc) is 2.86. The van der Waals surface area contributed by atoms with Crippen molar-refractivity contribution in [2.45, 2.75) is 49.0 Å². The SMILES string of the molecule is CSC1CCC(NS(=O)(=O)c2cc(CO)ccc2C)C1. The molecule has 0 spiro atoms. The fraction of sp³-hybridized carbons (Fsp3) is 0.571. The van der Waals surface area contributed by atoms with Crippen LogP contribution in [0.25, 0.3) is 0 Å². The second kappa shape index (κ2) is 6.47. The van der Waals surface area contributed by atoms with Crippen molar-refractivity contribution in [3.05, 3.63) is 29.3 Å². The summed E-state index contributed by atoms with van der Waals surface area (Å²) in [4.78, 5) is 0.275. The highest BCUT2D eigenvalue weighted by Gasteiger charge is 2.28. The van der Waals surface area contributed by atoms with E-state index in [0.29, 0.717) is 16.4 Å². The van der Waals surface area contributed by atoms with Gasteiger partial charge in [-0.25, -0.2) is 13.1 Å². The fourth-order valence-electron chi connectivity index (χ4n) is 2.58. The van der Waals surface area contributed by atoms with Crippen LogP contribution < -0.4 is 4.72 Å². The predicted molar refractivity (Wildman–Crippen MR) is 82.4 cm³/mol. The van der Waals surface area contributed by atoms with Gasteiger partial charge in [0, 0.05) is 11.3 Å². The molecule has 20 heavy (non-hydrogen) atoms. The zero-order chi connectivity index (χ0) is 14.8. The number of benzene rings is 1. The first-order valence-corrected chi connectivity index (χ1v) is 9.49. The number of hydrogen-bond acceptors (Lipinski definition) is 4. The highest BCUT2D eigenvalue weighted by Crippen LogP contribution is 2.29. The summed E-state index contributed by atoms with van der Waals surface area (Å²) in [6, 6.07) is 5.06. The summed E-state index contributed by atoms with van der Waals surface area (Å²) in [6.45, 7) is 1.62. The van der Waals surface area contributed by atoms with Gasteiger partial charge in [0.05, 0.1) is 11.5 Å². The van der Waals surface area contributed by atoms with Gasteiger partial charge >= 0.3 is 0 Å². The monoisotopic (exact) mass is 315 g/mol. The van der Waals surface area contributed by atoms with Crippen molar-refractivity contribution in [3.8, 4) is 0 Å². The number of aliphatic hydroxyl groups excluding tert-OH is 1. The van der Waals surface area contributed by atoms with E-state index in [1.165, 1.54) is 0 Å². The van der Waals surface area contributed by atoms with E-state index in [2.05, 4.69) is 11.0 Å². The standard InChI is InChI=1S/C14H21NO3S2/c1-10-3-4-11(9-16)7-14(10)20(17,18)15-12-5-6-13(8-12)19-2/h3-4,7,12-13,15-16H,5-6,8-9H2,1-2H3. The van der Waals surface area contributed by atoms with Crippen LogP contribution in [-0.2, 0) is 16.6 Å². The molecule has 1 fully saturated rings. The van der Waals surface area contributed by atoms with Crippen molar-refractivity contribution in [3.63, 3.8) is 0 Å². The number of aliphatic hydroxyl groups is 1. The van der Waals surface area contributed by atoms with E-state index in [9.17, 15) is 8.42 Å². The summed E-state index contributed by atoms with van der Waals surface area (Å²) >= 11 is 1.80. The van der Waals surface area contributed by atoms with Crippen molar-refractivity contribution >= 4 is 21.8 Å². The Morgan fingerprint density at radius 2 is 2.15 bits per heavy atom. The van der Waals surface area contributed by atoms with E-state index in [4.69, 9.17) is 5.11 Å². The molecule has 2 rings (SSSR count). The van der Waals surface area contributed by atoms with Crippen molar-refractivity contribution in [1.82, 2.24) is 4.72 Å². The molecule has 0 amide bonds. The third kappa shape index (κ3) is 3.55. The third-order valence-corrected chi connectivity index (χ3v) is 6.52. The van der Waals surface area contributed by atoms with Crippen LogP contribution in [0, 0.1) is 6.92 Å². The molecular formula is C14H21NO3S2. The molecule has 6 heteroatoms. The lowest BCUT2D eigenvalue weighted by Crippen LogP contribution is -2.33. The molecule has 0 bridgehead atoms. The number of thioether (sulfide) groups is 1. The van der Waals surface area contributed by atoms with Crippen LogP contribution in [-0.4, -0.2) is 31.1 Å². The maximum Gasteiger partial charge on any atom is 0.241 e. The molecule has 0 aliphatic heterocycles. The molecular weight excluding hydrogens is 294 g/mol. The van der Waals surface area contributed by atoms with Crippen LogP contribution in [0.3, 0.4) is 0 Å². The van der Waals surface area contributed by atoms with E-state index in [-0.39, 0.29) is 17.5 Å². The Labute approximate surface area is 125 Å². The molecule has 1 saturated carbocycles. The summed E-state index contributed by atoms with van der Waals surface area (Å²) in [5.41, 5.74) is 1.32. The highest BCUT2D eigenvalue weighted by molar-refractivity contribution is 7.99. The lowest BCUT2D eigenvalue weighted by molar-refractivity contribution is 0.281. The minimum Gasteiger partial charge on any atom is -0.392 e. The number of nitrogens with one attached hydrogen (secondary N) is 1. The Hall–Kier alpha value is -0.560. The maximum absolute atomic E-state index is 12.5. The molecule has 0 saturated heterocycles. The molecule has 2 atom stereocenters. The maximum atomic E-state index is 12.5. The zero-order valence-corrected chi connectivity index (χ0v) is 13.4. The molecule has 0 radical (unpaired) electrons. The van der Waals surface area contributed by atoms with Crippen LogP contribution in [0.5, 0.6) is 0 Å².